The molecule has 1 unspecified atom stereocenters. The summed E-state index contributed by atoms with van der Waals surface area (Å²) in [6.45, 7) is 6.22. The second-order valence-corrected chi connectivity index (χ2v) is 5.92. The molecule has 3 nitrogen and oxygen atoms in total. The minimum atomic E-state index is 0. The smallest absolute Gasteiger partial charge is 0.0708 e. The highest BCUT2D eigenvalue weighted by molar-refractivity contribution is 5.85. The number of rotatable bonds is 3. The second kappa shape index (κ2) is 8.68. The van der Waals surface area contributed by atoms with Gasteiger partial charge in [-0.15, -0.1) is 24.8 Å². The third-order valence-electron chi connectivity index (χ3n) is 4.26. The number of benzene rings is 1. The zero-order chi connectivity index (χ0) is 13.9. The van der Waals surface area contributed by atoms with Gasteiger partial charge in [0.05, 0.1) is 5.52 Å². The van der Waals surface area contributed by atoms with E-state index in [4.69, 9.17) is 5.73 Å². The van der Waals surface area contributed by atoms with Crippen molar-refractivity contribution < 1.29 is 0 Å². The molecular weight excluding hydrogens is 317 g/mol. The number of aromatic nitrogens is 1. The van der Waals surface area contributed by atoms with E-state index in [9.17, 15) is 0 Å². The topological polar surface area (TPSA) is 42.1 Å². The molecule has 1 fully saturated rings. The van der Waals surface area contributed by atoms with Crippen LogP contribution in [0.15, 0.2) is 30.3 Å². The van der Waals surface area contributed by atoms with Gasteiger partial charge in [0.1, 0.15) is 0 Å². The third-order valence-corrected chi connectivity index (χ3v) is 4.26. The Hall–Kier alpha value is -0.870. The van der Waals surface area contributed by atoms with Gasteiger partial charge in [-0.2, -0.15) is 0 Å². The van der Waals surface area contributed by atoms with Crippen LogP contribution in [0.2, 0.25) is 0 Å². The molecule has 0 radical (unpaired) electrons. The van der Waals surface area contributed by atoms with Gasteiger partial charge in [-0.05, 0) is 56.5 Å². The van der Waals surface area contributed by atoms with E-state index in [0.717, 1.165) is 30.8 Å². The van der Waals surface area contributed by atoms with Gasteiger partial charge in [0.15, 0.2) is 0 Å². The molecule has 122 valence electrons. The maximum Gasteiger partial charge on any atom is 0.0708 e. The molecule has 0 saturated carbocycles. The monoisotopic (exact) mass is 341 g/mol. The minimum absolute atomic E-state index is 0. The largest absolute Gasteiger partial charge is 0.330 e. The van der Waals surface area contributed by atoms with Crippen molar-refractivity contribution in [3.8, 4) is 0 Å². The summed E-state index contributed by atoms with van der Waals surface area (Å²) in [5, 5.41) is 1.29. The Morgan fingerprint density at radius 1 is 1.27 bits per heavy atom. The Morgan fingerprint density at radius 3 is 2.82 bits per heavy atom. The number of aryl methyl sites for hydroxylation is 1. The van der Waals surface area contributed by atoms with Gasteiger partial charge in [0.2, 0.25) is 0 Å². The molecule has 0 aliphatic carbocycles. The molecule has 22 heavy (non-hydrogen) atoms. The SMILES string of the molecule is Cc1cc(CN2CCCC(CN)C2)c2ccccc2n1.Cl.Cl. The van der Waals surface area contributed by atoms with Gasteiger partial charge in [0.25, 0.3) is 0 Å². The first kappa shape index (κ1) is 19.2. The van der Waals surface area contributed by atoms with E-state index < -0.39 is 0 Å². The van der Waals surface area contributed by atoms with Crippen LogP contribution in [0.3, 0.4) is 0 Å². The van der Waals surface area contributed by atoms with Crippen LogP contribution in [0.1, 0.15) is 24.1 Å². The highest BCUT2D eigenvalue weighted by atomic mass is 35.5. The maximum atomic E-state index is 5.84. The highest BCUT2D eigenvalue weighted by Crippen LogP contribution is 2.22. The van der Waals surface area contributed by atoms with Crippen LogP contribution in [0.25, 0.3) is 10.9 Å². The van der Waals surface area contributed by atoms with Crippen LogP contribution in [0, 0.1) is 12.8 Å². The summed E-state index contributed by atoms with van der Waals surface area (Å²) >= 11 is 0. The molecule has 3 rings (SSSR count). The van der Waals surface area contributed by atoms with Gasteiger partial charge in [-0.25, -0.2) is 0 Å². The average molecular weight is 342 g/mol. The summed E-state index contributed by atoms with van der Waals surface area (Å²) < 4.78 is 0. The predicted molar refractivity (Wildman–Crippen MR) is 98.0 cm³/mol. The number of piperidine rings is 1. The van der Waals surface area contributed by atoms with Crippen LogP contribution in [0.5, 0.6) is 0 Å². The van der Waals surface area contributed by atoms with E-state index in [-0.39, 0.29) is 24.8 Å². The fourth-order valence-electron chi connectivity index (χ4n) is 3.25. The number of nitrogens with two attached hydrogens (primary N) is 1. The van der Waals surface area contributed by atoms with Gasteiger partial charge < -0.3 is 5.73 Å². The fraction of sp³-hybridized carbons (Fsp3) is 0.471. The summed E-state index contributed by atoms with van der Waals surface area (Å²) in [6, 6.07) is 10.7. The van der Waals surface area contributed by atoms with Gasteiger partial charge >= 0.3 is 0 Å². The van der Waals surface area contributed by atoms with Crippen LogP contribution < -0.4 is 5.73 Å². The lowest BCUT2D eigenvalue weighted by atomic mass is 9.97. The number of likely N-dealkylation sites (tertiary alicyclic amines) is 1. The Morgan fingerprint density at radius 2 is 2.05 bits per heavy atom. The molecule has 1 aromatic heterocycles. The van der Waals surface area contributed by atoms with Crippen molar-refractivity contribution in [2.75, 3.05) is 19.6 Å². The highest BCUT2D eigenvalue weighted by Gasteiger charge is 2.19. The number of nitrogens with zero attached hydrogens (tertiary/aromatic N) is 2. The fourth-order valence-corrected chi connectivity index (χ4v) is 3.25. The first-order chi connectivity index (χ1) is 9.76. The average Bonchev–Trinajstić information content (AvgIpc) is 2.47. The molecule has 1 aromatic carbocycles. The zero-order valence-corrected chi connectivity index (χ0v) is 14.6. The first-order valence-corrected chi connectivity index (χ1v) is 7.54. The summed E-state index contributed by atoms with van der Waals surface area (Å²) in [5.74, 6) is 0.665. The molecule has 1 atom stereocenters. The number of hydrogen-bond acceptors (Lipinski definition) is 3. The van der Waals surface area contributed by atoms with E-state index in [1.54, 1.807) is 0 Å². The van der Waals surface area contributed by atoms with Crippen molar-refractivity contribution in [3.05, 3.63) is 41.6 Å². The molecule has 1 saturated heterocycles. The molecular formula is C17H25Cl2N3. The minimum Gasteiger partial charge on any atom is -0.330 e. The normalized spacial score (nSPS) is 18.5. The van der Waals surface area contributed by atoms with Gasteiger partial charge in [-0.3, -0.25) is 9.88 Å². The van der Waals surface area contributed by atoms with Crippen LogP contribution in [0.4, 0.5) is 0 Å². The zero-order valence-electron chi connectivity index (χ0n) is 13.0. The van der Waals surface area contributed by atoms with E-state index in [2.05, 4.69) is 47.1 Å². The van der Waals surface area contributed by atoms with E-state index in [1.807, 2.05) is 0 Å². The molecule has 0 amide bonds. The molecule has 1 aliphatic heterocycles. The summed E-state index contributed by atoms with van der Waals surface area (Å²) in [4.78, 5) is 7.17. The standard InChI is InChI=1S/C17H23N3.2ClH/c1-13-9-15(16-6-2-3-7-17(16)19-13)12-20-8-4-5-14(10-18)11-20;;/h2-3,6-7,9,14H,4-5,8,10-12,18H2,1H3;2*1H. The van der Waals surface area contributed by atoms with Crippen molar-refractivity contribution in [1.29, 1.82) is 0 Å². The van der Waals surface area contributed by atoms with Crippen molar-refractivity contribution in [2.24, 2.45) is 11.7 Å². The van der Waals surface area contributed by atoms with Crippen molar-refractivity contribution in [2.45, 2.75) is 26.3 Å². The first-order valence-electron chi connectivity index (χ1n) is 7.54. The number of fused-ring (bicyclic) bond motifs is 1. The summed E-state index contributed by atoms with van der Waals surface area (Å²) in [6.07, 6.45) is 2.55. The van der Waals surface area contributed by atoms with E-state index in [0.29, 0.717) is 5.92 Å². The summed E-state index contributed by atoms with van der Waals surface area (Å²) in [7, 11) is 0. The predicted octanol–water partition coefficient (Wildman–Crippen LogP) is 3.56. The number of para-hydroxylation sites is 1. The number of halogens is 2. The number of pyridine rings is 1. The maximum absolute atomic E-state index is 5.84. The molecule has 2 heterocycles. The Labute approximate surface area is 145 Å². The van der Waals surface area contributed by atoms with Gasteiger partial charge in [-0.1, -0.05) is 18.2 Å². The Kier molecular flexibility index (Phi) is 7.57. The lowest BCUT2D eigenvalue weighted by molar-refractivity contribution is 0.171. The Balaban J connectivity index is 0.00000121. The number of hydrogen-bond donors (Lipinski definition) is 1. The Bertz CT molecular complexity index is 603. The lowest BCUT2D eigenvalue weighted by Crippen LogP contribution is -2.37. The third kappa shape index (κ3) is 4.32. The molecule has 2 aromatic rings. The second-order valence-electron chi connectivity index (χ2n) is 5.92. The van der Waals surface area contributed by atoms with Crippen molar-refractivity contribution in [3.63, 3.8) is 0 Å². The van der Waals surface area contributed by atoms with E-state index >= 15 is 0 Å². The van der Waals surface area contributed by atoms with Gasteiger partial charge in [0, 0.05) is 24.2 Å². The molecule has 5 heteroatoms. The quantitative estimate of drug-likeness (QED) is 0.927. The molecule has 1 aliphatic rings. The molecule has 2 N–H and O–H groups in total. The van der Waals surface area contributed by atoms with E-state index in [1.165, 1.54) is 30.3 Å². The lowest BCUT2D eigenvalue weighted by Gasteiger charge is -2.32. The van der Waals surface area contributed by atoms with Crippen molar-refractivity contribution in [1.82, 2.24) is 9.88 Å². The molecule has 0 bridgehead atoms. The van der Waals surface area contributed by atoms with Crippen LogP contribution in [-0.4, -0.2) is 29.5 Å². The molecule has 0 spiro atoms. The van der Waals surface area contributed by atoms with Crippen LogP contribution >= 0.6 is 24.8 Å². The van der Waals surface area contributed by atoms with Crippen LogP contribution in [-0.2, 0) is 6.54 Å². The van der Waals surface area contributed by atoms with Crippen molar-refractivity contribution >= 4 is 35.7 Å². The summed E-state index contributed by atoms with van der Waals surface area (Å²) in [5.41, 5.74) is 9.44.